The van der Waals surface area contributed by atoms with Gasteiger partial charge in [-0.1, -0.05) is 42.2 Å². The zero-order valence-corrected chi connectivity index (χ0v) is 15.5. The molecule has 1 fully saturated rings. The lowest BCUT2D eigenvalue weighted by atomic mass is 10.2. The first-order valence-electron chi connectivity index (χ1n) is 7.28. The van der Waals surface area contributed by atoms with Crippen molar-refractivity contribution in [2.45, 2.75) is 0 Å². The first kappa shape index (κ1) is 18.2. The number of thiocarbonyl (C=S) groups is 1. The Bertz CT molecular complexity index is 925. The van der Waals surface area contributed by atoms with Gasteiger partial charge in [0, 0.05) is 10.9 Å². The number of nitro groups is 1. The van der Waals surface area contributed by atoms with Crippen LogP contribution in [0.25, 0.3) is 6.08 Å². The maximum Gasteiger partial charge on any atom is 0.292 e. The van der Waals surface area contributed by atoms with Gasteiger partial charge in [-0.15, -0.1) is 11.3 Å². The normalized spacial score (nSPS) is 15.5. The molecule has 0 spiro atoms. The monoisotopic (exact) mass is 405 g/mol. The molecule has 10 heteroatoms. The number of para-hydroxylation sites is 2. The Morgan fingerprint density at radius 1 is 1.31 bits per heavy atom. The zero-order valence-electron chi connectivity index (χ0n) is 13.1. The third-order valence-corrected chi connectivity index (χ3v) is 5.56. The van der Waals surface area contributed by atoms with E-state index in [4.69, 9.17) is 12.2 Å². The molecule has 2 amide bonds. The maximum atomic E-state index is 12.5. The molecule has 2 heterocycles. The highest BCUT2D eigenvalue weighted by molar-refractivity contribution is 8.26. The van der Waals surface area contributed by atoms with Crippen LogP contribution in [0.4, 0.5) is 11.4 Å². The molecule has 0 saturated carbocycles. The quantitative estimate of drug-likeness (QED) is 0.354. The van der Waals surface area contributed by atoms with Gasteiger partial charge in [0.05, 0.1) is 9.83 Å². The van der Waals surface area contributed by atoms with Crippen LogP contribution < -0.4 is 5.32 Å². The van der Waals surface area contributed by atoms with Crippen LogP contribution in [0, 0.1) is 10.1 Å². The second-order valence-electron chi connectivity index (χ2n) is 5.11. The van der Waals surface area contributed by atoms with Gasteiger partial charge in [-0.25, -0.2) is 0 Å². The Kier molecular flexibility index (Phi) is 5.45. The number of amides is 2. The third kappa shape index (κ3) is 3.98. The fourth-order valence-corrected chi connectivity index (χ4v) is 4.19. The molecule has 3 rings (SSSR count). The fraction of sp³-hybridized carbons (Fsp3) is 0.0625. The van der Waals surface area contributed by atoms with Crippen molar-refractivity contribution in [3.05, 3.63) is 61.7 Å². The second kappa shape index (κ2) is 7.77. The Labute approximate surface area is 161 Å². The van der Waals surface area contributed by atoms with Crippen LogP contribution in [0.2, 0.25) is 0 Å². The molecule has 1 aliphatic rings. The number of nitrogens with zero attached hydrogens (tertiary/aromatic N) is 2. The molecule has 1 aromatic carbocycles. The molecule has 7 nitrogen and oxygen atoms in total. The van der Waals surface area contributed by atoms with Gasteiger partial charge in [0.25, 0.3) is 11.6 Å². The van der Waals surface area contributed by atoms with Gasteiger partial charge in [0.1, 0.15) is 16.6 Å². The molecule has 26 heavy (non-hydrogen) atoms. The minimum Gasteiger partial charge on any atom is -0.319 e. The predicted octanol–water partition coefficient (Wildman–Crippen LogP) is 3.50. The fourth-order valence-electron chi connectivity index (χ4n) is 2.21. The van der Waals surface area contributed by atoms with Crippen molar-refractivity contribution < 1.29 is 14.5 Å². The van der Waals surface area contributed by atoms with Crippen molar-refractivity contribution in [2.75, 3.05) is 11.9 Å². The molecule has 1 aromatic heterocycles. The average Bonchev–Trinajstić information content (AvgIpc) is 3.19. The van der Waals surface area contributed by atoms with E-state index in [1.807, 2.05) is 17.5 Å². The number of anilines is 1. The van der Waals surface area contributed by atoms with Crippen LogP contribution in [0.3, 0.4) is 0 Å². The molecule has 0 radical (unpaired) electrons. The Balaban J connectivity index is 1.71. The van der Waals surface area contributed by atoms with E-state index in [0.717, 1.165) is 16.6 Å². The SMILES string of the molecule is O=C(CN1C(=O)C(=Cc2cccs2)SC1=S)Nc1ccccc1[N+](=O)[O-]. The van der Waals surface area contributed by atoms with E-state index in [9.17, 15) is 19.7 Å². The van der Waals surface area contributed by atoms with Crippen molar-refractivity contribution in [1.82, 2.24) is 4.90 Å². The lowest BCUT2D eigenvalue weighted by molar-refractivity contribution is -0.383. The number of carbonyl (C=O) groups excluding carboxylic acids is 2. The number of carbonyl (C=O) groups is 2. The standard InChI is InChI=1S/C16H11N3O4S3/c20-14(17-11-5-1-2-6-12(11)19(22)23)9-18-15(21)13(26-16(18)24)8-10-4-3-7-25-10/h1-8H,9H2,(H,17,20). The molecule has 0 bridgehead atoms. The van der Waals surface area contributed by atoms with Crippen LogP contribution in [-0.4, -0.2) is 32.5 Å². The summed E-state index contributed by atoms with van der Waals surface area (Å²) in [6, 6.07) is 9.54. The van der Waals surface area contributed by atoms with E-state index in [1.54, 1.807) is 12.1 Å². The molecule has 132 valence electrons. The van der Waals surface area contributed by atoms with E-state index >= 15 is 0 Å². The summed E-state index contributed by atoms with van der Waals surface area (Å²) in [7, 11) is 0. The van der Waals surface area contributed by atoms with Gasteiger partial charge in [-0.3, -0.25) is 24.6 Å². The number of rotatable bonds is 5. The topological polar surface area (TPSA) is 92.6 Å². The van der Waals surface area contributed by atoms with Crippen LogP contribution in [0.5, 0.6) is 0 Å². The zero-order chi connectivity index (χ0) is 18.7. The first-order chi connectivity index (χ1) is 12.5. The molecule has 2 aromatic rings. The summed E-state index contributed by atoms with van der Waals surface area (Å²) in [4.78, 5) is 37.7. The number of hydrogen-bond acceptors (Lipinski definition) is 7. The smallest absolute Gasteiger partial charge is 0.292 e. The lowest BCUT2D eigenvalue weighted by Crippen LogP contribution is -2.36. The molecular formula is C16H11N3O4S3. The van der Waals surface area contributed by atoms with E-state index < -0.39 is 10.8 Å². The lowest BCUT2D eigenvalue weighted by Gasteiger charge is -2.14. The molecule has 1 saturated heterocycles. The first-order valence-corrected chi connectivity index (χ1v) is 9.38. The minimum atomic E-state index is -0.584. The van der Waals surface area contributed by atoms with Crippen molar-refractivity contribution in [2.24, 2.45) is 0 Å². The van der Waals surface area contributed by atoms with Crippen molar-refractivity contribution in [3.8, 4) is 0 Å². The number of thioether (sulfide) groups is 1. The minimum absolute atomic E-state index is 0.0714. The highest BCUT2D eigenvalue weighted by Crippen LogP contribution is 2.33. The second-order valence-corrected chi connectivity index (χ2v) is 7.76. The number of nitro benzene ring substituents is 1. The van der Waals surface area contributed by atoms with Crippen molar-refractivity contribution in [3.63, 3.8) is 0 Å². The Morgan fingerprint density at radius 3 is 2.77 bits per heavy atom. The highest BCUT2D eigenvalue weighted by atomic mass is 32.2. The summed E-state index contributed by atoms with van der Waals surface area (Å²) in [5, 5.41) is 15.4. The van der Waals surface area contributed by atoms with Gasteiger partial charge in [0.15, 0.2) is 0 Å². The van der Waals surface area contributed by atoms with Crippen LogP contribution in [0.1, 0.15) is 4.88 Å². The number of thiophene rings is 1. The van der Waals surface area contributed by atoms with Crippen LogP contribution in [0.15, 0.2) is 46.7 Å². The summed E-state index contributed by atoms with van der Waals surface area (Å²) >= 11 is 7.79. The summed E-state index contributed by atoms with van der Waals surface area (Å²) in [6.07, 6.45) is 1.73. The number of hydrogen-bond donors (Lipinski definition) is 1. The largest absolute Gasteiger partial charge is 0.319 e. The summed E-state index contributed by atoms with van der Waals surface area (Å²) in [5.74, 6) is -0.918. The van der Waals surface area contributed by atoms with E-state index in [-0.39, 0.29) is 28.1 Å². The Morgan fingerprint density at radius 2 is 2.08 bits per heavy atom. The summed E-state index contributed by atoms with van der Waals surface area (Å²) in [6.45, 7) is -0.307. The molecule has 1 aliphatic heterocycles. The molecule has 0 aliphatic carbocycles. The number of nitrogens with one attached hydrogen (secondary N) is 1. The molecule has 0 unspecified atom stereocenters. The van der Waals surface area contributed by atoms with Gasteiger partial charge >= 0.3 is 0 Å². The van der Waals surface area contributed by atoms with E-state index in [1.165, 1.54) is 34.4 Å². The molecule has 0 atom stereocenters. The molecular weight excluding hydrogens is 394 g/mol. The average molecular weight is 405 g/mol. The van der Waals surface area contributed by atoms with Crippen LogP contribution in [-0.2, 0) is 9.59 Å². The number of benzene rings is 1. The predicted molar refractivity (Wildman–Crippen MR) is 106 cm³/mol. The van der Waals surface area contributed by atoms with Crippen molar-refractivity contribution >= 4 is 68.9 Å². The molecule has 1 N–H and O–H groups in total. The van der Waals surface area contributed by atoms with Crippen LogP contribution >= 0.6 is 35.3 Å². The van der Waals surface area contributed by atoms with Gasteiger partial charge < -0.3 is 5.32 Å². The van der Waals surface area contributed by atoms with Gasteiger partial charge in [-0.2, -0.15) is 0 Å². The maximum absolute atomic E-state index is 12.5. The Hall–Kier alpha value is -2.56. The van der Waals surface area contributed by atoms with E-state index in [0.29, 0.717) is 4.91 Å². The summed E-state index contributed by atoms with van der Waals surface area (Å²) in [5.41, 5.74) is -0.147. The summed E-state index contributed by atoms with van der Waals surface area (Å²) < 4.78 is 0.274. The van der Waals surface area contributed by atoms with Gasteiger partial charge in [-0.05, 0) is 23.6 Å². The van der Waals surface area contributed by atoms with Crippen molar-refractivity contribution in [1.29, 1.82) is 0 Å². The highest BCUT2D eigenvalue weighted by Gasteiger charge is 2.33. The van der Waals surface area contributed by atoms with Gasteiger partial charge in [0.2, 0.25) is 5.91 Å². The van der Waals surface area contributed by atoms with E-state index in [2.05, 4.69) is 5.32 Å². The third-order valence-electron chi connectivity index (χ3n) is 3.37.